The van der Waals surface area contributed by atoms with Gasteiger partial charge in [-0.25, -0.2) is 0 Å². The van der Waals surface area contributed by atoms with Crippen molar-refractivity contribution in [1.82, 2.24) is 0 Å². The number of hydrogen-bond donors (Lipinski definition) is 0. The number of hydrogen-bond acceptors (Lipinski definition) is 3. The Bertz CT molecular complexity index is 390. The molecule has 0 saturated heterocycles. The van der Waals surface area contributed by atoms with Gasteiger partial charge in [-0.2, -0.15) is 8.42 Å². The van der Waals surface area contributed by atoms with Crippen molar-refractivity contribution in [3.05, 3.63) is 16.9 Å². The fraction of sp³-hybridized carbons (Fsp3) is 0.750. The molecule has 0 amide bonds. The Morgan fingerprint density at radius 3 is 2.12 bits per heavy atom. The van der Waals surface area contributed by atoms with E-state index in [9.17, 15) is 8.42 Å². The van der Waals surface area contributed by atoms with Crippen LogP contribution in [0.1, 0.15) is 41.5 Å². The van der Waals surface area contributed by atoms with E-state index in [1.807, 2.05) is 6.92 Å². The van der Waals surface area contributed by atoms with Crippen molar-refractivity contribution in [2.24, 2.45) is 5.41 Å². The monoisotopic (exact) mass is 246 g/mol. The smallest absolute Gasteiger partial charge is 0.270 e. The highest BCUT2D eigenvalue weighted by molar-refractivity contribution is 7.86. The molecule has 0 N–H and O–H groups in total. The molecular weight excluding hydrogens is 224 g/mol. The van der Waals surface area contributed by atoms with E-state index in [0.29, 0.717) is 5.57 Å². The van der Waals surface area contributed by atoms with E-state index >= 15 is 0 Å². The predicted molar refractivity (Wildman–Crippen MR) is 66.8 cm³/mol. The Balaban J connectivity index is 4.97. The van der Waals surface area contributed by atoms with Crippen LogP contribution < -0.4 is 0 Å². The van der Waals surface area contributed by atoms with Gasteiger partial charge >= 0.3 is 0 Å². The third-order valence-corrected chi connectivity index (χ3v) is 3.60. The topological polar surface area (TPSA) is 43.4 Å². The van der Waals surface area contributed by atoms with Gasteiger partial charge in [-0.1, -0.05) is 20.8 Å². The van der Waals surface area contributed by atoms with Crippen molar-refractivity contribution in [2.75, 3.05) is 12.4 Å². The minimum absolute atomic E-state index is 0.0106. The van der Waals surface area contributed by atoms with Crippen LogP contribution in [0.15, 0.2) is 16.9 Å². The minimum atomic E-state index is -3.43. The summed E-state index contributed by atoms with van der Waals surface area (Å²) < 4.78 is 27.4. The van der Waals surface area contributed by atoms with Crippen molar-refractivity contribution in [1.29, 1.82) is 0 Å². The van der Waals surface area contributed by atoms with Crippen molar-refractivity contribution in [3.8, 4) is 0 Å². The fourth-order valence-electron chi connectivity index (χ4n) is 1.03. The molecule has 0 atom stereocenters. The maximum atomic E-state index is 11.4. The quantitative estimate of drug-likeness (QED) is 0.566. The normalized spacial score (nSPS) is 12.1. The zero-order valence-corrected chi connectivity index (χ0v) is 11.9. The molecule has 0 spiro atoms. The van der Waals surface area contributed by atoms with Gasteiger partial charge in [0.25, 0.3) is 10.1 Å². The first-order valence-electron chi connectivity index (χ1n) is 5.39. The zero-order valence-electron chi connectivity index (χ0n) is 11.0. The van der Waals surface area contributed by atoms with Crippen molar-refractivity contribution < 1.29 is 12.6 Å². The molecule has 0 unspecified atom stereocenters. The molecule has 0 fully saturated rings. The lowest BCUT2D eigenvalue weighted by Crippen LogP contribution is -2.11. The summed E-state index contributed by atoms with van der Waals surface area (Å²) in [5.74, 6) is -0.0890. The van der Waals surface area contributed by atoms with Crippen molar-refractivity contribution >= 4 is 10.1 Å². The van der Waals surface area contributed by atoms with Gasteiger partial charge in [-0.05, 0) is 37.3 Å². The van der Waals surface area contributed by atoms with Gasteiger partial charge in [0.05, 0.1) is 6.61 Å². The van der Waals surface area contributed by atoms with E-state index < -0.39 is 10.1 Å². The number of rotatable bonds is 4. The summed E-state index contributed by atoms with van der Waals surface area (Å²) in [6.07, 6.45) is 0. The molecule has 16 heavy (non-hydrogen) atoms. The molecule has 0 aliphatic heterocycles. The van der Waals surface area contributed by atoms with Crippen LogP contribution in [0.25, 0.3) is 0 Å². The Morgan fingerprint density at radius 2 is 1.75 bits per heavy atom. The van der Waals surface area contributed by atoms with Crippen LogP contribution in [0.4, 0.5) is 0 Å². The van der Waals surface area contributed by atoms with Crippen LogP contribution in [0.5, 0.6) is 0 Å². The van der Waals surface area contributed by atoms with Gasteiger partial charge in [-0.15, -0.1) is 5.73 Å². The van der Waals surface area contributed by atoms with E-state index in [0.717, 1.165) is 5.57 Å². The van der Waals surface area contributed by atoms with Gasteiger partial charge < -0.3 is 0 Å². The van der Waals surface area contributed by atoms with Crippen molar-refractivity contribution in [2.45, 2.75) is 41.5 Å². The summed E-state index contributed by atoms with van der Waals surface area (Å²) in [5.41, 5.74) is 4.84. The highest BCUT2D eigenvalue weighted by atomic mass is 32.2. The van der Waals surface area contributed by atoms with E-state index in [2.05, 4.69) is 30.7 Å². The Kier molecular flexibility index (Phi) is 5.47. The largest absolute Gasteiger partial charge is 0.271 e. The van der Waals surface area contributed by atoms with Crippen LogP contribution in [0, 0.1) is 5.41 Å². The lowest BCUT2D eigenvalue weighted by molar-refractivity contribution is 0.339. The summed E-state index contributed by atoms with van der Waals surface area (Å²) in [5, 5.41) is 0. The SMILES string of the molecule is CCOS(=O)(=O)CC(C)=C=C(C)C(C)(C)C. The van der Waals surface area contributed by atoms with Gasteiger partial charge in [0.1, 0.15) is 5.75 Å². The molecule has 94 valence electrons. The third-order valence-electron chi connectivity index (χ3n) is 2.22. The summed E-state index contributed by atoms with van der Waals surface area (Å²) >= 11 is 0. The van der Waals surface area contributed by atoms with Crippen LogP contribution in [-0.2, 0) is 14.3 Å². The molecule has 0 aromatic carbocycles. The van der Waals surface area contributed by atoms with E-state index in [1.165, 1.54) is 0 Å². The second kappa shape index (κ2) is 5.67. The maximum Gasteiger partial charge on any atom is 0.271 e. The van der Waals surface area contributed by atoms with Crippen LogP contribution in [0.3, 0.4) is 0 Å². The predicted octanol–water partition coefficient (Wildman–Crippen LogP) is 2.89. The lowest BCUT2D eigenvalue weighted by atomic mass is 9.88. The Hall–Kier alpha value is -0.570. The molecule has 0 aromatic heterocycles. The second-order valence-corrected chi connectivity index (χ2v) is 6.53. The third kappa shape index (κ3) is 6.11. The highest BCUT2D eigenvalue weighted by Crippen LogP contribution is 2.23. The van der Waals surface area contributed by atoms with E-state index in [4.69, 9.17) is 0 Å². The molecular formula is C12H22O3S. The van der Waals surface area contributed by atoms with E-state index in [-0.39, 0.29) is 17.8 Å². The zero-order chi connectivity index (χ0) is 13.0. The Labute approximate surface area is 99.3 Å². The molecule has 0 aromatic rings. The van der Waals surface area contributed by atoms with Gasteiger partial charge in [0, 0.05) is 0 Å². The van der Waals surface area contributed by atoms with Gasteiger partial charge in [-0.3, -0.25) is 4.18 Å². The first kappa shape index (κ1) is 15.4. The fourth-order valence-corrected chi connectivity index (χ4v) is 2.08. The molecule has 0 aliphatic carbocycles. The lowest BCUT2D eigenvalue weighted by Gasteiger charge is -2.17. The van der Waals surface area contributed by atoms with E-state index in [1.54, 1.807) is 13.8 Å². The molecule has 0 rings (SSSR count). The highest BCUT2D eigenvalue weighted by Gasteiger charge is 2.14. The average molecular weight is 246 g/mol. The summed E-state index contributed by atoms with van der Waals surface area (Å²) in [6, 6.07) is 0. The van der Waals surface area contributed by atoms with Gasteiger partial charge in [0.15, 0.2) is 0 Å². The summed E-state index contributed by atoms with van der Waals surface area (Å²) in [4.78, 5) is 0. The maximum absolute atomic E-state index is 11.4. The molecule has 0 saturated carbocycles. The van der Waals surface area contributed by atoms with Crippen LogP contribution >= 0.6 is 0 Å². The summed E-state index contributed by atoms with van der Waals surface area (Å²) in [7, 11) is -3.43. The minimum Gasteiger partial charge on any atom is -0.270 e. The standard InChI is InChI=1S/C12H22O3S/c1-7-15-16(13,14)9-10(2)8-11(3)12(4,5)6/h7,9H2,1-6H3. The second-order valence-electron chi connectivity index (χ2n) is 4.89. The average Bonchev–Trinajstić information content (AvgIpc) is 1.99. The van der Waals surface area contributed by atoms with Gasteiger partial charge in [0.2, 0.25) is 0 Å². The molecule has 4 heteroatoms. The van der Waals surface area contributed by atoms with Crippen LogP contribution in [-0.4, -0.2) is 20.8 Å². The molecule has 0 bridgehead atoms. The molecule has 0 heterocycles. The molecule has 3 nitrogen and oxygen atoms in total. The van der Waals surface area contributed by atoms with Crippen molar-refractivity contribution in [3.63, 3.8) is 0 Å². The first-order chi connectivity index (χ1) is 7.08. The molecule has 0 radical (unpaired) electrons. The van der Waals surface area contributed by atoms with Crippen LogP contribution in [0.2, 0.25) is 0 Å². The Morgan fingerprint density at radius 1 is 1.25 bits per heavy atom. The first-order valence-corrected chi connectivity index (χ1v) is 6.97. The molecule has 0 aliphatic rings. The summed E-state index contributed by atoms with van der Waals surface area (Å²) in [6.45, 7) is 11.8.